The third-order valence-electron chi connectivity index (χ3n) is 3.46. The molecule has 1 aliphatic heterocycles. The summed E-state index contributed by atoms with van der Waals surface area (Å²) in [5.41, 5.74) is 0. The third kappa shape index (κ3) is 4.22. The van der Waals surface area contributed by atoms with Crippen LogP contribution in [0, 0.1) is 0 Å². The molecule has 0 amide bonds. The van der Waals surface area contributed by atoms with Crippen molar-refractivity contribution in [1.29, 1.82) is 0 Å². The Labute approximate surface area is 113 Å². The van der Waals surface area contributed by atoms with E-state index in [1.165, 1.54) is 0 Å². The van der Waals surface area contributed by atoms with E-state index in [9.17, 15) is 20.1 Å². The first-order chi connectivity index (χ1) is 8.94. The quantitative estimate of drug-likeness (QED) is 0.454. The monoisotopic (exact) mass is 276 g/mol. The van der Waals surface area contributed by atoms with Crippen LogP contribution >= 0.6 is 0 Å². The Hall–Kier alpha value is -0.530. The molecule has 1 heterocycles. The van der Waals surface area contributed by atoms with Crippen molar-refractivity contribution in [2.24, 2.45) is 0 Å². The molecule has 0 saturated carbocycles. The van der Waals surface area contributed by atoms with Crippen LogP contribution in [-0.2, 0) is 9.53 Å². The van der Waals surface area contributed by atoms with Gasteiger partial charge in [-0.2, -0.15) is 0 Å². The van der Waals surface area contributed by atoms with E-state index in [4.69, 9.17) is 9.84 Å². The summed E-state index contributed by atoms with van der Waals surface area (Å²) in [6.45, 7) is 1.55. The summed E-state index contributed by atoms with van der Waals surface area (Å²) in [5.74, 6) is -2.31. The summed E-state index contributed by atoms with van der Waals surface area (Å²) >= 11 is 0. The molecule has 1 fully saturated rings. The average Bonchev–Trinajstić information content (AvgIpc) is 2.59. The van der Waals surface area contributed by atoms with Crippen molar-refractivity contribution in [1.82, 2.24) is 0 Å². The summed E-state index contributed by atoms with van der Waals surface area (Å²) in [6.07, 6.45) is -0.255. The molecule has 1 rings (SSSR count). The summed E-state index contributed by atoms with van der Waals surface area (Å²) in [5, 5.41) is 38.2. The van der Waals surface area contributed by atoms with E-state index in [0.29, 0.717) is 6.42 Å². The zero-order valence-electron chi connectivity index (χ0n) is 11.3. The Morgan fingerprint density at radius 2 is 1.95 bits per heavy atom. The SMILES string of the molecule is CCCCCCC(=O)C[C@@]1(O)O[C@H](CO)[C@H](O)[C@H]1O. The fourth-order valence-corrected chi connectivity index (χ4v) is 2.28. The van der Waals surface area contributed by atoms with E-state index in [0.717, 1.165) is 25.7 Å². The standard InChI is InChI=1S/C13H24O6/c1-2-3-4-5-6-9(15)7-13(18)12(17)11(16)10(8-14)19-13/h10-12,14,16-18H,2-8H2,1H3/t10-,11+,12-,13-/m1/s1. The number of unbranched alkanes of at least 4 members (excludes halogenated alkanes) is 3. The molecule has 0 aliphatic carbocycles. The molecule has 0 aromatic carbocycles. The molecule has 1 saturated heterocycles. The van der Waals surface area contributed by atoms with Crippen molar-refractivity contribution in [3.63, 3.8) is 0 Å². The number of carbonyl (C=O) groups is 1. The van der Waals surface area contributed by atoms with Gasteiger partial charge in [-0.25, -0.2) is 0 Å². The van der Waals surface area contributed by atoms with Crippen LogP contribution in [-0.4, -0.2) is 56.9 Å². The van der Waals surface area contributed by atoms with Gasteiger partial charge in [0.15, 0.2) is 0 Å². The molecule has 0 spiro atoms. The van der Waals surface area contributed by atoms with E-state index >= 15 is 0 Å². The smallest absolute Gasteiger partial charge is 0.202 e. The minimum absolute atomic E-state index is 0.219. The number of rotatable bonds is 8. The van der Waals surface area contributed by atoms with E-state index in [2.05, 4.69) is 6.92 Å². The zero-order valence-corrected chi connectivity index (χ0v) is 11.3. The van der Waals surface area contributed by atoms with Crippen molar-refractivity contribution in [2.75, 3.05) is 6.61 Å². The van der Waals surface area contributed by atoms with Gasteiger partial charge in [-0.1, -0.05) is 26.2 Å². The van der Waals surface area contributed by atoms with Crippen LogP contribution in [0.4, 0.5) is 0 Å². The Kier molecular flexibility index (Phi) is 6.35. The summed E-state index contributed by atoms with van der Waals surface area (Å²) in [6, 6.07) is 0. The molecule has 0 aromatic heterocycles. The molecule has 0 aromatic rings. The minimum Gasteiger partial charge on any atom is -0.394 e. The van der Waals surface area contributed by atoms with E-state index in [1.54, 1.807) is 0 Å². The maximum atomic E-state index is 11.7. The van der Waals surface area contributed by atoms with Crippen molar-refractivity contribution < 1.29 is 30.0 Å². The molecule has 4 N–H and O–H groups in total. The van der Waals surface area contributed by atoms with E-state index < -0.39 is 30.7 Å². The van der Waals surface area contributed by atoms with Gasteiger partial charge in [-0.05, 0) is 6.42 Å². The normalized spacial score (nSPS) is 34.7. The molecular weight excluding hydrogens is 252 g/mol. The number of hydrogen-bond donors (Lipinski definition) is 4. The number of Topliss-reactive ketones (excluding diaryl/α,β-unsaturated/α-hetero) is 1. The highest BCUT2D eigenvalue weighted by atomic mass is 16.7. The predicted molar refractivity (Wildman–Crippen MR) is 67.3 cm³/mol. The lowest BCUT2D eigenvalue weighted by molar-refractivity contribution is -0.231. The minimum atomic E-state index is -2.09. The van der Waals surface area contributed by atoms with Crippen LogP contribution in [0.5, 0.6) is 0 Å². The second kappa shape index (κ2) is 7.31. The second-order valence-corrected chi connectivity index (χ2v) is 5.15. The molecule has 6 nitrogen and oxygen atoms in total. The van der Waals surface area contributed by atoms with Crippen molar-refractivity contribution in [3.05, 3.63) is 0 Å². The lowest BCUT2D eigenvalue weighted by Gasteiger charge is -2.25. The Bertz CT molecular complexity index is 295. The molecule has 1 aliphatic rings. The molecule has 0 unspecified atom stereocenters. The largest absolute Gasteiger partial charge is 0.394 e. The average molecular weight is 276 g/mol. The zero-order chi connectivity index (χ0) is 14.5. The number of carbonyl (C=O) groups excluding carboxylic acids is 1. The van der Waals surface area contributed by atoms with Crippen LogP contribution in [0.1, 0.15) is 45.4 Å². The Morgan fingerprint density at radius 3 is 2.47 bits per heavy atom. The van der Waals surface area contributed by atoms with E-state index in [1.807, 2.05) is 0 Å². The second-order valence-electron chi connectivity index (χ2n) is 5.15. The summed E-state index contributed by atoms with van der Waals surface area (Å²) in [4.78, 5) is 11.7. The molecule has 0 radical (unpaired) electrons. The van der Waals surface area contributed by atoms with Crippen LogP contribution in [0.25, 0.3) is 0 Å². The lowest BCUT2D eigenvalue weighted by Crippen LogP contribution is -2.44. The molecular formula is C13H24O6. The molecule has 19 heavy (non-hydrogen) atoms. The van der Waals surface area contributed by atoms with Gasteiger partial charge in [0.1, 0.15) is 24.1 Å². The number of aliphatic hydroxyl groups excluding tert-OH is 3. The third-order valence-corrected chi connectivity index (χ3v) is 3.46. The molecule has 112 valence electrons. The first kappa shape index (κ1) is 16.5. The maximum absolute atomic E-state index is 11.7. The number of ketones is 1. The molecule has 6 heteroatoms. The fourth-order valence-electron chi connectivity index (χ4n) is 2.28. The van der Waals surface area contributed by atoms with Crippen molar-refractivity contribution in [2.45, 2.75) is 69.5 Å². The number of hydrogen-bond acceptors (Lipinski definition) is 6. The van der Waals surface area contributed by atoms with Crippen molar-refractivity contribution >= 4 is 5.78 Å². The van der Waals surface area contributed by atoms with Gasteiger partial charge < -0.3 is 25.2 Å². The van der Waals surface area contributed by atoms with Crippen LogP contribution < -0.4 is 0 Å². The van der Waals surface area contributed by atoms with Gasteiger partial charge in [-0.15, -0.1) is 0 Å². The first-order valence-electron chi connectivity index (χ1n) is 6.83. The van der Waals surface area contributed by atoms with Gasteiger partial charge in [-0.3, -0.25) is 4.79 Å². The van der Waals surface area contributed by atoms with Gasteiger partial charge in [0.2, 0.25) is 5.79 Å². The van der Waals surface area contributed by atoms with Gasteiger partial charge in [0.25, 0.3) is 0 Å². The summed E-state index contributed by atoms with van der Waals surface area (Å²) in [7, 11) is 0. The van der Waals surface area contributed by atoms with Crippen LogP contribution in [0.3, 0.4) is 0 Å². The first-order valence-corrected chi connectivity index (χ1v) is 6.83. The highest BCUT2D eigenvalue weighted by Gasteiger charge is 2.53. The van der Waals surface area contributed by atoms with E-state index in [-0.39, 0.29) is 12.2 Å². The van der Waals surface area contributed by atoms with Crippen LogP contribution in [0.15, 0.2) is 0 Å². The van der Waals surface area contributed by atoms with Gasteiger partial charge in [0.05, 0.1) is 13.0 Å². The summed E-state index contributed by atoms with van der Waals surface area (Å²) < 4.78 is 5.01. The van der Waals surface area contributed by atoms with Gasteiger partial charge >= 0.3 is 0 Å². The topological polar surface area (TPSA) is 107 Å². The Balaban J connectivity index is 2.44. The maximum Gasteiger partial charge on any atom is 0.202 e. The lowest BCUT2D eigenvalue weighted by atomic mass is 9.98. The Morgan fingerprint density at radius 1 is 1.26 bits per heavy atom. The van der Waals surface area contributed by atoms with Crippen LogP contribution in [0.2, 0.25) is 0 Å². The highest BCUT2D eigenvalue weighted by Crippen LogP contribution is 2.32. The highest BCUT2D eigenvalue weighted by molar-refractivity contribution is 5.79. The van der Waals surface area contributed by atoms with Crippen molar-refractivity contribution in [3.8, 4) is 0 Å². The predicted octanol–water partition coefficient (Wildman–Crippen LogP) is -0.282. The fraction of sp³-hybridized carbons (Fsp3) is 0.923. The number of aliphatic hydroxyl groups is 4. The number of ether oxygens (including phenoxy) is 1. The molecule has 0 bridgehead atoms. The molecule has 4 atom stereocenters. The van der Waals surface area contributed by atoms with Gasteiger partial charge in [0, 0.05) is 6.42 Å².